The number of morpholine rings is 1. The summed E-state index contributed by atoms with van der Waals surface area (Å²) in [6, 6.07) is 20.3. The van der Waals surface area contributed by atoms with Crippen LogP contribution >= 0.6 is 0 Å². The van der Waals surface area contributed by atoms with Crippen molar-refractivity contribution in [3.63, 3.8) is 0 Å². The van der Waals surface area contributed by atoms with Gasteiger partial charge < -0.3 is 14.4 Å². The Balaban J connectivity index is 1.49. The van der Waals surface area contributed by atoms with Gasteiger partial charge >= 0.3 is 0 Å². The number of rotatable bonds is 5. The summed E-state index contributed by atoms with van der Waals surface area (Å²) in [5.74, 6) is 0.586. The number of carbonyl (C=O) groups is 1. The van der Waals surface area contributed by atoms with Crippen molar-refractivity contribution in [1.82, 2.24) is 14.7 Å². The molecule has 0 aliphatic carbocycles. The van der Waals surface area contributed by atoms with Gasteiger partial charge in [0, 0.05) is 18.2 Å². The molecule has 2 aromatic carbocycles. The highest BCUT2D eigenvalue weighted by atomic mass is 16.5. The number of methoxy groups -OCH3 is 1. The molecule has 1 amide bonds. The molecule has 0 unspecified atom stereocenters. The topological polar surface area (TPSA) is 73.7 Å². The van der Waals surface area contributed by atoms with Gasteiger partial charge in [0.2, 0.25) is 5.91 Å². The molecule has 1 saturated heterocycles. The highest BCUT2D eigenvalue weighted by Crippen LogP contribution is 2.22. The Kier molecular flexibility index (Phi) is 5.90. The first kappa shape index (κ1) is 19.8. The number of hydrogen-bond acceptors (Lipinski definition) is 5. The fourth-order valence-electron chi connectivity index (χ4n) is 3.45. The van der Waals surface area contributed by atoms with Gasteiger partial charge in [0.05, 0.1) is 26.0 Å². The molecule has 2 heterocycles. The first-order chi connectivity index (χ1) is 14.6. The largest absolute Gasteiger partial charge is 0.497 e. The van der Waals surface area contributed by atoms with E-state index in [0.717, 1.165) is 16.9 Å². The van der Waals surface area contributed by atoms with E-state index in [1.807, 2.05) is 54.6 Å². The third-order valence-electron chi connectivity index (χ3n) is 5.13. The molecule has 1 aliphatic heterocycles. The Hall–Kier alpha value is -3.45. The van der Waals surface area contributed by atoms with Crippen LogP contribution in [0.5, 0.6) is 5.75 Å². The zero-order valence-electron chi connectivity index (χ0n) is 16.7. The quantitative estimate of drug-likeness (QED) is 0.652. The summed E-state index contributed by atoms with van der Waals surface area (Å²) in [7, 11) is 1.60. The molecule has 30 heavy (non-hydrogen) atoms. The van der Waals surface area contributed by atoms with Crippen molar-refractivity contribution in [3.8, 4) is 17.0 Å². The number of benzene rings is 2. The number of ether oxygens (including phenoxy) is 2. The van der Waals surface area contributed by atoms with Crippen molar-refractivity contribution >= 4 is 5.91 Å². The standard InChI is InChI=1S/C23H23N3O4/c1-29-19-9-7-17(8-10-19)20-11-12-22(27)26(24-20)16-23(28)25-13-14-30-21(15-25)18-5-3-2-4-6-18/h2-12,21H,13-16H2,1H3/t21-/m1/s1. The zero-order valence-corrected chi connectivity index (χ0v) is 16.7. The van der Waals surface area contributed by atoms with Crippen LogP contribution in [0.4, 0.5) is 0 Å². The predicted octanol–water partition coefficient (Wildman–Crippen LogP) is 2.52. The maximum Gasteiger partial charge on any atom is 0.267 e. The van der Waals surface area contributed by atoms with Gasteiger partial charge in [0.25, 0.3) is 5.56 Å². The van der Waals surface area contributed by atoms with E-state index in [9.17, 15) is 9.59 Å². The van der Waals surface area contributed by atoms with Crippen LogP contribution < -0.4 is 10.3 Å². The lowest BCUT2D eigenvalue weighted by atomic mass is 10.1. The highest BCUT2D eigenvalue weighted by molar-refractivity contribution is 5.76. The van der Waals surface area contributed by atoms with Crippen molar-refractivity contribution in [2.75, 3.05) is 26.8 Å². The van der Waals surface area contributed by atoms with Crippen molar-refractivity contribution in [3.05, 3.63) is 82.6 Å². The summed E-state index contributed by atoms with van der Waals surface area (Å²) in [6.07, 6.45) is -0.167. The van der Waals surface area contributed by atoms with Gasteiger partial charge in [-0.25, -0.2) is 4.68 Å². The van der Waals surface area contributed by atoms with E-state index >= 15 is 0 Å². The Morgan fingerprint density at radius 1 is 1.10 bits per heavy atom. The zero-order chi connectivity index (χ0) is 20.9. The smallest absolute Gasteiger partial charge is 0.267 e. The lowest BCUT2D eigenvalue weighted by molar-refractivity contribution is -0.139. The minimum atomic E-state index is -0.312. The van der Waals surface area contributed by atoms with Crippen molar-refractivity contribution in [2.24, 2.45) is 0 Å². The van der Waals surface area contributed by atoms with E-state index in [1.165, 1.54) is 10.7 Å². The van der Waals surface area contributed by atoms with Crippen LogP contribution in [0.1, 0.15) is 11.7 Å². The van der Waals surface area contributed by atoms with E-state index < -0.39 is 0 Å². The molecule has 0 N–H and O–H groups in total. The molecule has 0 saturated carbocycles. The van der Waals surface area contributed by atoms with Gasteiger partial charge in [0.15, 0.2) is 0 Å². The van der Waals surface area contributed by atoms with Crippen LogP contribution in [-0.2, 0) is 16.1 Å². The molecule has 154 valence electrons. The monoisotopic (exact) mass is 405 g/mol. The van der Waals surface area contributed by atoms with Gasteiger partial charge in [-0.1, -0.05) is 30.3 Å². The number of nitrogens with zero attached hydrogens (tertiary/aromatic N) is 3. The number of hydrogen-bond donors (Lipinski definition) is 0. The Bertz CT molecular complexity index is 1060. The average molecular weight is 405 g/mol. The van der Waals surface area contributed by atoms with Gasteiger partial charge in [0.1, 0.15) is 18.4 Å². The van der Waals surface area contributed by atoms with E-state index in [4.69, 9.17) is 9.47 Å². The van der Waals surface area contributed by atoms with Crippen LogP contribution in [0.15, 0.2) is 71.5 Å². The summed E-state index contributed by atoms with van der Waals surface area (Å²) in [5, 5.41) is 4.39. The Labute approximate surface area is 174 Å². The molecular formula is C23H23N3O4. The molecule has 1 aliphatic rings. The molecule has 4 rings (SSSR count). The second-order valence-electron chi connectivity index (χ2n) is 7.05. The van der Waals surface area contributed by atoms with E-state index in [0.29, 0.717) is 25.4 Å². The summed E-state index contributed by atoms with van der Waals surface area (Å²) in [4.78, 5) is 26.9. The fourth-order valence-corrected chi connectivity index (χ4v) is 3.45. The van der Waals surface area contributed by atoms with E-state index in [1.54, 1.807) is 18.1 Å². The molecule has 1 atom stereocenters. The molecule has 0 bridgehead atoms. The van der Waals surface area contributed by atoms with E-state index in [-0.39, 0.29) is 24.1 Å². The third kappa shape index (κ3) is 4.41. The summed E-state index contributed by atoms with van der Waals surface area (Å²) in [6.45, 7) is 1.30. The van der Waals surface area contributed by atoms with Crippen LogP contribution in [0.25, 0.3) is 11.3 Å². The molecule has 0 spiro atoms. The molecule has 1 fully saturated rings. The first-order valence-corrected chi connectivity index (χ1v) is 9.81. The molecule has 1 aromatic heterocycles. The minimum Gasteiger partial charge on any atom is -0.497 e. The highest BCUT2D eigenvalue weighted by Gasteiger charge is 2.25. The number of carbonyl (C=O) groups excluding carboxylic acids is 1. The van der Waals surface area contributed by atoms with Crippen molar-refractivity contribution in [1.29, 1.82) is 0 Å². The van der Waals surface area contributed by atoms with Gasteiger partial charge in [-0.15, -0.1) is 0 Å². The lowest BCUT2D eigenvalue weighted by Crippen LogP contribution is -2.44. The summed E-state index contributed by atoms with van der Waals surface area (Å²) in [5.41, 5.74) is 2.18. The number of aromatic nitrogens is 2. The fraction of sp³-hybridized carbons (Fsp3) is 0.261. The number of amides is 1. The average Bonchev–Trinajstić information content (AvgIpc) is 2.81. The maximum atomic E-state index is 12.9. The van der Waals surface area contributed by atoms with Gasteiger partial charge in [-0.2, -0.15) is 5.10 Å². The van der Waals surface area contributed by atoms with Gasteiger partial charge in [-0.3, -0.25) is 9.59 Å². The Morgan fingerprint density at radius 2 is 1.87 bits per heavy atom. The Morgan fingerprint density at radius 3 is 2.60 bits per heavy atom. The molecule has 7 heteroatoms. The van der Waals surface area contributed by atoms with E-state index in [2.05, 4.69) is 5.10 Å². The third-order valence-corrected chi connectivity index (χ3v) is 5.13. The predicted molar refractivity (Wildman–Crippen MR) is 112 cm³/mol. The minimum absolute atomic E-state index is 0.107. The first-order valence-electron chi connectivity index (χ1n) is 9.81. The van der Waals surface area contributed by atoms with Crippen LogP contribution in [0.3, 0.4) is 0 Å². The van der Waals surface area contributed by atoms with Crippen molar-refractivity contribution in [2.45, 2.75) is 12.6 Å². The maximum absolute atomic E-state index is 12.9. The van der Waals surface area contributed by atoms with Crippen LogP contribution in [0, 0.1) is 0 Å². The molecule has 0 radical (unpaired) electrons. The molecule has 3 aromatic rings. The van der Waals surface area contributed by atoms with Crippen LogP contribution in [-0.4, -0.2) is 47.4 Å². The second kappa shape index (κ2) is 8.92. The normalized spacial score (nSPS) is 16.3. The lowest BCUT2D eigenvalue weighted by Gasteiger charge is -2.33. The van der Waals surface area contributed by atoms with Crippen molar-refractivity contribution < 1.29 is 14.3 Å². The van der Waals surface area contributed by atoms with Gasteiger partial charge in [-0.05, 0) is 35.9 Å². The molecule has 7 nitrogen and oxygen atoms in total. The van der Waals surface area contributed by atoms with Crippen LogP contribution in [0.2, 0.25) is 0 Å². The molecular weight excluding hydrogens is 382 g/mol. The SMILES string of the molecule is COc1ccc(-c2ccc(=O)n(CC(=O)N3CCO[C@@H](c4ccccc4)C3)n2)cc1. The summed E-state index contributed by atoms with van der Waals surface area (Å²) >= 11 is 0. The second-order valence-corrected chi connectivity index (χ2v) is 7.05. The summed E-state index contributed by atoms with van der Waals surface area (Å²) < 4.78 is 12.2.